The minimum absolute atomic E-state index is 0.182. The third-order valence-electron chi connectivity index (χ3n) is 5.23. The van der Waals surface area contributed by atoms with Crippen molar-refractivity contribution in [1.29, 1.82) is 0 Å². The number of amides is 1. The standard InChI is InChI=1S/C23H24N4O3S/c1-18-6-5-7-19(16-18)23(28)25-20-10-11-22(24-17-20)26-12-14-27(15-13-26)31(29,30)21-8-3-2-4-9-21/h2-11,16-17H,12-15H2,1H3,(H,25,28). The molecule has 1 aliphatic heterocycles. The van der Waals surface area contributed by atoms with Gasteiger partial charge in [-0.15, -0.1) is 0 Å². The molecule has 0 unspecified atom stereocenters. The van der Waals surface area contributed by atoms with Crippen LogP contribution in [0.15, 0.2) is 77.8 Å². The van der Waals surface area contributed by atoms with Gasteiger partial charge in [0.2, 0.25) is 10.0 Å². The van der Waals surface area contributed by atoms with Crippen molar-refractivity contribution >= 4 is 27.4 Å². The summed E-state index contributed by atoms with van der Waals surface area (Å²) in [4.78, 5) is 19.2. The molecule has 8 heteroatoms. The number of carbonyl (C=O) groups excluding carboxylic acids is 1. The first-order valence-electron chi connectivity index (χ1n) is 10.1. The molecule has 0 radical (unpaired) electrons. The Morgan fingerprint density at radius 1 is 0.935 bits per heavy atom. The summed E-state index contributed by atoms with van der Waals surface area (Å²) in [5.74, 6) is 0.572. The van der Waals surface area contributed by atoms with Gasteiger partial charge in [0.25, 0.3) is 5.91 Å². The highest BCUT2D eigenvalue weighted by molar-refractivity contribution is 7.89. The van der Waals surface area contributed by atoms with E-state index >= 15 is 0 Å². The quantitative estimate of drug-likeness (QED) is 0.664. The van der Waals surface area contributed by atoms with E-state index in [0.29, 0.717) is 42.3 Å². The molecule has 0 bridgehead atoms. The van der Waals surface area contributed by atoms with Gasteiger partial charge in [-0.3, -0.25) is 4.79 Å². The van der Waals surface area contributed by atoms with Crippen molar-refractivity contribution in [2.24, 2.45) is 0 Å². The van der Waals surface area contributed by atoms with E-state index in [1.165, 1.54) is 4.31 Å². The highest BCUT2D eigenvalue weighted by Gasteiger charge is 2.28. The summed E-state index contributed by atoms with van der Waals surface area (Å²) in [5.41, 5.74) is 2.23. The topological polar surface area (TPSA) is 82.6 Å². The van der Waals surface area contributed by atoms with E-state index in [1.54, 1.807) is 42.6 Å². The average Bonchev–Trinajstić information content (AvgIpc) is 2.80. The van der Waals surface area contributed by atoms with E-state index in [9.17, 15) is 13.2 Å². The molecular weight excluding hydrogens is 412 g/mol. The third kappa shape index (κ3) is 4.76. The second-order valence-electron chi connectivity index (χ2n) is 7.43. The van der Waals surface area contributed by atoms with E-state index in [0.717, 1.165) is 11.4 Å². The molecule has 1 aromatic heterocycles. The molecule has 2 heterocycles. The number of pyridine rings is 1. The lowest BCUT2D eigenvalue weighted by atomic mass is 10.1. The predicted octanol–water partition coefficient (Wildman–Crippen LogP) is 3.15. The number of nitrogens with zero attached hydrogens (tertiary/aromatic N) is 3. The summed E-state index contributed by atoms with van der Waals surface area (Å²) < 4.78 is 27.0. The van der Waals surface area contributed by atoms with E-state index in [-0.39, 0.29) is 5.91 Å². The molecule has 0 saturated carbocycles. The van der Waals surface area contributed by atoms with Crippen LogP contribution in [0.1, 0.15) is 15.9 Å². The smallest absolute Gasteiger partial charge is 0.255 e. The van der Waals surface area contributed by atoms with Gasteiger partial charge in [0.05, 0.1) is 16.8 Å². The SMILES string of the molecule is Cc1cccc(C(=O)Nc2ccc(N3CCN(S(=O)(=O)c4ccccc4)CC3)nc2)c1. The number of rotatable bonds is 5. The average molecular weight is 437 g/mol. The summed E-state index contributed by atoms with van der Waals surface area (Å²) in [7, 11) is -3.48. The number of sulfonamides is 1. The van der Waals surface area contributed by atoms with Gasteiger partial charge >= 0.3 is 0 Å². The minimum atomic E-state index is -3.48. The molecule has 7 nitrogen and oxygen atoms in total. The van der Waals surface area contributed by atoms with Crippen LogP contribution < -0.4 is 10.2 Å². The van der Waals surface area contributed by atoms with Crippen LogP contribution in [0, 0.1) is 6.92 Å². The minimum Gasteiger partial charge on any atom is -0.354 e. The van der Waals surface area contributed by atoms with Gasteiger partial charge in [-0.05, 0) is 43.3 Å². The monoisotopic (exact) mass is 436 g/mol. The van der Waals surface area contributed by atoms with Crippen molar-refractivity contribution in [3.8, 4) is 0 Å². The zero-order valence-electron chi connectivity index (χ0n) is 17.2. The fourth-order valence-corrected chi connectivity index (χ4v) is 4.98. The van der Waals surface area contributed by atoms with Crippen molar-refractivity contribution in [3.63, 3.8) is 0 Å². The molecule has 1 aliphatic rings. The maximum Gasteiger partial charge on any atom is 0.255 e. The summed E-state index contributed by atoms with van der Waals surface area (Å²) in [6, 6.07) is 19.5. The molecule has 0 aliphatic carbocycles. The lowest BCUT2D eigenvalue weighted by Gasteiger charge is -2.34. The highest BCUT2D eigenvalue weighted by Crippen LogP contribution is 2.21. The number of hydrogen-bond donors (Lipinski definition) is 1. The van der Waals surface area contributed by atoms with Gasteiger partial charge < -0.3 is 10.2 Å². The summed E-state index contributed by atoms with van der Waals surface area (Å²) in [6.07, 6.45) is 1.62. The van der Waals surface area contributed by atoms with Gasteiger partial charge in [0, 0.05) is 31.7 Å². The molecule has 3 aromatic rings. The maximum absolute atomic E-state index is 12.8. The van der Waals surface area contributed by atoms with Crippen LogP contribution in [0.25, 0.3) is 0 Å². The van der Waals surface area contributed by atoms with Gasteiger partial charge in [0.15, 0.2) is 0 Å². The van der Waals surface area contributed by atoms with Crippen molar-refractivity contribution in [2.75, 3.05) is 36.4 Å². The van der Waals surface area contributed by atoms with Crippen molar-refractivity contribution < 1.29 is 13.2 Å². The van der Waals surface area contributed by atoms with Gasteiger partial charge in [-0.2, -0.15) is 4.31 Å². The molecule has 0 spiro atoms. The van der Waals surface area contributed by atoms with E-state index in [1.807, 2.05) is 42.2 Å². The Kier molecular flexibility index (Phi) is 6.01. The Morgan fingerprint density at radius 3 is 2.32 bits per heavy atom. The molecule has 1 N–H and O–H groups in total. The van der Waals surface area contributed by atoms with Gasteiger partial charge in [-0.25, -0.2) is 13.4 Å². The zero-order chi connectivity index (χ0) is 21.8. The number of aromatic nitrogens is 1. The Hall–Kier alpha value is -3.23. The Morgan fingerprint density at radius 2 is 1.68 bits per heavy atom. The maximum atomic E-state index is 12.8. The van der Waals surface area contributed by atoms with Crippen LogP contribution in [0.5, 0.6) is 0 Å². The Bertz CT molecular complexity index is 1160. The predicted molar refractivity (Wildman–Crippen MR) is 121 cm³/mol. The zero-order valence-corrected chi connectivity index (χ0v) is 18.0. The normalized spacial score (nSPS) is 14.9. The van der Waals surface area contributed by atoms with Crippen LogP contribution >= 0.6 is 0 Å². The van der Waals surface area contributed by atoms with Crippen molar-refractivity contribution in [1.82, 2.24) is 9.29 Å². The van der Waals surface area contributed by atoms with E-state index in [4.69, 9.17) is 0 Å². The Balaban J connectivity index is 1.37. The molecule has 160 valence electrons. The number of nitrogens with one attached hydrogen (secondary N) is 1. The highest BCUT2D eigenvalue weighted by atomic mass is 32.2. The van der Waals surface area contributed by atoms with E-state index < -0.39 is 10.0 Å². The molecule has 31 heavy (non-hydrogen) atoms. The molecular formula is C23H24N4O3S. The lowest BCUT2D eigenvalue weighted by molar-refractivity contribution is 0.102. The molecule has 2 aromatic carbocycles. The van der Waals surface area contributed by atoms with Crippen LogP contribution in [-0.4, -0.2) is 49.8 Å². The number of piperazine rings is 1. The number of hydrogen-bond acceptors (Lipinski definition) is 5. The van der Waals surface area contributed by atoms with Gasteiger partial charge in [0.1, 0.15) is 5.82 Å². The molecule has 1 saturated heterocycles. The van der Waals surface area contributed by atoms with Crippen molar-refractivity contribution in [2.45, 2.75) is 11.8 Å². The summed E-state index contributed by atoms with van der Waals surface area (Å²) in [6.45, 7) is 3.83. The van der Waals surface area contributed by atoms with Crippen LogP contribution in [-0.2, 0) is 10.0 Å². The number of carbonyl (C=O) groups is 1. The van der Waals surface area contributed by atoms with Crippen LogP contribution in [0.3, 0.4) is 0 Å². The lowest BCUT2D eigenvalue weighted by Crippen LogP contribution is -2.48. The van der Waals surface area contributed by atoms with Crippen LogP contribution in [0.4, 0.5) is 11.5 Å². The van der Waals surface area contributed by atoms with E-state index in [2.05, 4.69) is 10.3 Å². The fourth-order valence-electron chi connectivity index (χ4n) is 3.54. The first kappa shape index (κ1) is 21.0. The molecule has 1 fully saturated rings. The number of anilines is 2. The van der Waals surface area contributed by atoms with Gasteiger partial charge in [-0.1, -0.05) is 35.9 Å². The second kappa shape index (κ2) is 8.87. The largest absolute Gasteiger partial charge is 0.354 e. The van der Waals surface area contributed by atoms with Crippen molar-refractivity contribution in [3.05, 3.63) is 84.1 Å². The third-order valence-corrected chi connectivity index (χ3v) is 7.14. The molecule has 0 atom stereocenters. The molecule has 1 amide bonds. The molecule has 4 rings (SSSR count). The first-order valence-corrected chi connectivity index (χ1v) is 11.5. The Labute approximate surface area is 182 Å². The fraction of sp³-hybridized carbons (Fsp3) is 0.217. The number of aryl methyl sites for hydroxylation is 1. The van der Waals surface area contributed by atoms with Crippen LogP contribution in [0.2, 0.25) is 0 Å². The summed E-state index contributed by atoms with van der Waals surface area (Å²) >= 11 is 0. The summed E-state index contributed by atoms with van der Waals surface area (Å²) in [5, 5.41) is 2.85. The number of benzene rings is 2. The second-order valence-corrected chi connectivity index (χ2v) is 9.37. The first-order chi connectivity index (χ1) is 14.9.